The number of ether oxygens (including phenoxy) is 1. The summed E-state index contributed by atoms with van der Waals surface area (Å²) < 4.78 is 7.11. The van der Waals surface area contributed by atoms with E-state index in [1.165, 1.54) is 11.1 Å². The van der Waals surface area contributed by atoms with Gasteiger partial charge in [-0.3, -0.25) is 10.00 Å². The van der Waals surface area contributed by atoms with Crippen LogP contribution in [0.3, 0.4) is 0 Å². The molecular formula is C17H21N5O2. The van der Waals surface area contributed by atoms with Gasteiger partial charge in [0.1, 0.15) is 6.33 Å². The van der Waals surface area contributed by atoms with E-state index >= 15 is 0 Å². The van der Waals surface area contributed by atoms with Crippen LogP contribution in [0.2, 0.25) is 0 Å². The fraction of sp³-hybridized carbons (Fsp3) is 0.471. The minimum atomic E-state index is -0.270. The van der Waals surface area contributed by atoms with Gasteiger partial charge in [-0.05, 0) is 30.4 Å². The Labute approximate surface area is 140 Å². The lowest BCUT2D eigenvalue weighted by Gasteiger charge is -2.39. The second kappa shape index (κ2) is 5.90. The molecule has 7 heteroatoms. The first kappa shape index (κ1) is 15.1. The molecule has 0 bridgehead atoms. The molecule has 1 aliphatic heterocycles. The second-order valence-corrected chi connectivity index (χ2v) is 6.62. The van der Waals surface area contributed by atoms with Gasteiger partial charge in [0.05, 0.1) is 6.04 Å². The van der Waals surface area contributed by atoms with Gasteiger partial charge in [-0.1, -0.05) is 24.3 Å². The lowest BCUT2D eigenvalue weighted by Crippen LogP contribution is -2.43. The number of fused-ring (bicyclic) bond motifs is 1. The summed E-state index contributed by atoms with van der Waals surface area (Å²) in [6.45, 7) is 1.49. The zero-order valence-electron chi connectivity index (χ0n) is 13.7. The van der Waals surface area contributed by atoms with Crippen LogP contribution in [0.4, 0.5) is 10.7 Å². The fourth-order valence-corrected chi connectivity index (χ4v) is 3.93. The highest BCUT2D eigenvalue weighted by atomic mass is 16.5. The number of aryl methyl sites for hydroxylation is 1. The maximum Gasteiger partial charge on any atom is 0.322 e. The number of carbonyl (C=O) groups is 1. The highest BCUT2D eigenvalue weighted by Gasteiger charge is 2.47. The minimum Gasteiger partial charge on any atom is -0.381 e. The molecule has 0 radical (unpaired) electrons. The van der Waals surface area contributed by atoms with Crippen LogP contribution in [0, 0.1) is 5.41 Å². The topological polar surface area (TPSA) is 81.1 Å². The lowest BCUT2D eigenvalue weighted by atomic mass is 9.74. The summed E-state index contributed by atoms with van der Waals surface area (Å²) in [6.07, 6.45) is 4.45. The first-order valence-corrected chi connectivity index (χ1v) is 8.25. The van der Waals surface area contributed by atoms with Crippen molar-refractivity contribution in [3.05, 3.63) is 41.7 Å². The normalized spacial score (nSPS) is 21.5. The third-order valence-electron chi connectivity index (χ3n) is 5.11. The van der Waals surface area contributed by atoms with Crippen molar-refractivity contribution < 1.29 is 9.53 Å². The van der Waals surface area contributed by atoms with Crippen molar-refractivity contribution in [3.8, 4) is 0 Å². The van der Waals surface area contributed by atoms with Gasteiger partial charge in [0.2, 0.25) is 5.95 Å². The molecule has 2 N–H and O–H groups in total. The highest BCUT2D eigenvalue weighted by Crippen LogP contribution is 2.51. The van der Waals surface area contributed by atoms with Crippen molar-refractivity contribution in [1.82, 2.24) is 20.1 Å². The zero-order valence-corrected chi connectivity index (χ0v) is 13.7. The predicted molar refractivity (Wildman–Crippen MR) is 88.5 cm³/mol. The lowest BCUT2D eigenvalue weighted by molar-refractivity contribution is 0.00245. The molecule has 24 heavy (non-hydrogen) atoms. The number of rotatable bonds is 2. The Hall–Kier alpha value is -2.41. The van der Waals surface area contributed by atoms with Crippen molar-refractivity contribution in [2.75, 3.05) is 18.5 Å². The Morgan fingerprint density at radius 2 is 2.12 bits per heavy atom. The number of benzene rings is 1. The molecule has 1 saturated heterocycles. The average molecular weight is 327 g/mol. The van der Waals surface area contributed by atoms with Crippen LogP contribution in [-0.2, 0) is 18.2 Å². The minimum absolute atomic E-state index is 0.0127. The number of carbonyl (C=O) groups excluding carboxylic acids is 1. The van der Waals surface area contributed by atoms with Crippen molar-refractivity contribution in [2.45, 2.75) is 25.3 Å². The quantitative estimate of drug-likeness (QED) is 0.884. The summed E-state index contributed by atoms with van der Waals surface area (Å²) >= 11 is 0. The van der Waals surface area contributed by atoms with Crippen LogP contribution in [0.5, 0.6) is 0 Å². The summed E-state index contributed by atoms with van der Waals surface area (Å²) in [5.74, 6) is 0.308. The Kier molecular flexibility index (Phi) is 3.72. The zero-order chi connectivity index (χ0) is 16.6. The van der Waals surface area contributed by atoms with E-state index in [0.717, 1.165) is 32.5 Å². The number of nitrogens with zero attached hydrogens (tertiary/aromatic N) is 3. The maximum atomic E-state index is 12.5. The number of aromatic nitrogens is 3. The Balaban J connectivity index is 1.57. The van der Waals surface area contributed by atoms with E-state index in [2.05, 4.69) is 38.9 Å². The number of anilines is 1. The van der Waals surface area contributed by atoms with Gasteiger partial charge in [0.15, 0.2) is 0 Å². The van der Waals surface area contributed by atoms with E-state index in [4.69, 9.17) is 4.74 Å². The predicted octanol–water partition coefficient (Wildman–Crippen LogP) is 2.03. The first-order chi connectivity index (χ1) is 11.7. The van der Waals surface area contributed by atoms with Gasteiger partial charge < -0.3 is 10.1 Å². The molecule has 2 aromatic rings. The number of hydrogen-bond acceptors (Lipinski definition) is 4. The van der Waals surface area contributed by atoms with E-state index < -0.39 is 0 Å². The van der Waals surface area contributed by atoms with Crippen LogP contribution in [-0.4, -0.2) is 34.0 Å². The van der Waals surface area contributed by atoms with Crippen LogP contribution < -0.4 is 10.6 Å². The molecule has 1 aromatic heterocycles. The van der Waals surface area contributed by atoms with Crippen LogP contribution in [0.25, 0.3) is 0 Å². The second-order valence-electron chi connectivity index (χ2n) is 6.62. The van der Waals surface area contributed by atoms with Gasteiger partial charge in [-0.15, -0.1) is 5.10 Å². The summed E-state index contributed by atoms with van der Waals surface area (Å²) in [5, 5.41) is 9.96. The largest absolute Gasteiger partial charge is 0.381 e. The molecule has 4 rings (SSSR count). The van der Waals surface area contributed by atoms with Crippen molar-refractivity contribution >= 4 is 12.0 Å². The molecule has 1 aliphatic carbocycles. The van der Waals surface area contributed by atoms with Gasteiger partial charge >= 0.3 is 6.03 Å². The SMILES string of the molecule is Cn1cnc(NC(=O)N[C@H]2c3ccccc3CC23CCOCC3)n1. The number of urea groups is 1. The Morgan fingerprint density at radius 3 is 2.88 bits per heavy atom. The molecule has 1 fully saturated rings. The van der Waals surface area contributed by atoms with E-state index in [0.29, 0.717) is 5.95 Å². The van der Waals surface area contributed by atoms with E-state index in [1.54, 1.807) is 18.1 Å². The maximum absolute atomic E-state index is 12.5. The smallest absolute Gasteiger partial charge is 0.322 e. The number of hydrogen-bond donors (Lipinski definition) is 2. The van der Waals surface area contributed by atoms with Gasteiger partial charge in [-0.2, -0.15) is 0 Å². The standard InChI is InChI=1S/C17H21N5O2/c1-22-11-18-15(21-22)20-16(23)19-14-13-5-3-2-4-12(13)10-17(14)6-8-24-9-7-17/h2-5,11,14H,6-10H2,1H3,(H2,19,20,21,23)/t14-/m0/s1. The van der Waals surface area contributed by atoms with Gasteiger partial charge in [-0.25, -0.2) is 9.78 Å². The Bertz CT molecular complexity index is 751. The van der Waals surface area contributed by atoms with Gasteiger partial charge in [0, 0.05) is 25.7 Å². The molecule has 0 unspecified atom stereocenters. The van der Waals surface area contributed by atoms with Crippen LogP contribution in [0.15, 0.2) is 30.6 Å². The van der Waals surface area contributed by atoms with Gasteiger partial charge in [0.25, 0.3) is 0 Å². The van der Waals surface area contributed by atoms with Crippen LogP contribution >= 0.6 is 0 Å². The molecule has 2 amide bonds. The molecule has 126 valence electrons. The summed E-state index contributed by atoms with van der Waals surface area (Å²) in [5.41, 5.74) is 2.57. The fourth-order valence-electron chi connectivity index (χ4n) is 3.93. The first-order valence-electron chi connectivity index (χ1n) is 8.25. The third kappa shape index (κ3) is 2.65. The molecular weight excluding hydrogens is 306 g/mol. The summed E-state index contributed by atoms with van der Waals surface area (Å²) in [6, 6.07) is 8.08. The highest BCUT2D eigenvalue weighted by molar-refractivity contribution is 5.87. The average Bonchev–Trinajstić information content (AvgIpc) is 3.10. The van der Waals surface area contributed by atoms with Crippen molar-refractivity contribution in [2.24, 2.45) is 12.5 Å². The van der Waals surface area contributed by atoms with Crippen molar-refractivity contribution in [3.63, 3.8) is 0 Å². The van der Waals surface area contributed by atoms with E-state index in [-0.39, 0.29) is 17.5 Å². The number of amides is 2. The molecule has 0 saturated carbocycles. The molecule has 7 nitrogen and oxygen atoms in total. The number of nitrogens with one attached hydrogen (secondary N) is 2. The van der Waals surface area contributed by atoms with E-state index in [9.17, 15) is 4.79 Å². The molecule has 2 aliphatic rings. The third-order valence-corrected chi connectivity index (χ3v) is 5.11. The van der Waals surface area contributed by atoms with Crippen molar-refractivity contribution in [1.29, 1.82) is 0 Å². The molecule has 1 spiro atoms. The van der Waals surface area contributed by atoms with E-state index in [1.807, 2.05) is 6.07 Å². The van der Waals surface area contributed by atoms with Crippen LogP contribution in [0.1, 0.15) is 30.0 Å². The summed E-state index contributed by atoms with van der Waals surface area (Å²) in [7, 11) is 1.76. The molecule has 1 aromatic carbocycles. The summed E-state index contributed by atoms with van der Waals surface area (Å²) in [4.78, 5) is 16.5. The molecule has 1 atom stereocenters. The monoisotopic (exact) mass is 327 g/mol. The molecule has 2 heterocycles. The Morgan fingerprint density at radius 1 is 1.33 bits per heavy atom.